The van der Waals surface area contributed by atoms with Gasteiger partial charge in [0.2, 0.25) is 0 Å². The molecule has 0 aromatic rings. The molecule has 1 fully saturated rings. The minimum Gasteiger partial charge on any atom is -0.394 e. The van der Waals surface area contributed by atoms with Gasteiger partial charge in [-0.15, -0.1) is 0 Å². The van der Waals surface area contributed by atoms with Crippen LogP contribution in [-0.4, -0.2) is 73.9 Å². The Bertz CT molecular complexity index is 244. The van der Waals surface area contributed by atoms with E-state index in [1.165, 1.54) is 19.3 Å². The normalized spacial score (nSPS) is 19.1. The van der Waals surface area contributed by atoms with Crippen molar-refractivity contribution in [3.05, 3.63) is 0 Å². The van der Waals surface area contributed by atoms with Gasteiger partial charge in [-0.05, 0) is 65.5 Å². The average Bonchev–Trinajstić information content (AvgIpc) is 3.20. The third kappa shape index (κ3) is 5.38. The van der Waals surface area contributed by atoms with E-state index in [9.17, 15) is 5.11 Å². The van der Waals surface area contributed by atoms with Crippen molar-refractivity contribution in [1.29, 1.82) is 0 Å². The number of nitrogens with one attached hydrogen (secondary N) is 1. The van der Waals surface area contributed by atoms with Gasteiger partial charge in [-0.3, -0.25) is 0 Å². The van der Waals surface area contributed by atoms with Crippen LogP contribution in [0.4, 0.5) is 0 Å². The number of likely N-dealkylation sites (N-methyl/N-ethyl adjacent to an activating group) is 2. The van der Waals surface area contributed by atoms with Gasteiger partial charge in [-0.2, -0.15) is 0 Å². The summed E-state index contributed by atoms with van der Waals surface area (Å²) in [5, 5.41) is 13.4. The van der Waals surface area contributed by atoms with Crippen molar-refractivity contribution >= 4 is 0 Å². The lowest BCUT2D eigenvalue weighted by Crippen LogP contribution is -2.58. The molecule has 0 bridgehead atoms. The summed E-state index contributed by atoms with van der Waals surface area (Å²) in [7, 11) is 4.24. The molecule has 2 N–H and O–H groups in total. The smallest absolute Gasteiger partial charge is 0.0628 e. The lowest BCUT2D eigenvalue weighted by molar-refractivity contribution is 0.0924. The highest BCUT2D eigenvalue weighted by Crippen LogP contribution is 2.40. The molecule has 0 amide bonds. The van der Waals surface area contributed by atoms with Crippen LogP contribution in [-0.2, 0) is 0 Å². The summed E-state index contributed by atoms with van der Waals surface area (Å²) in [5.74, 6) is 0.667. The second-order valence-electron chi connectivity index (χ2n) is 6.14. The Balaban J connectivity index is 2.49. The molecular formula is C15H33N3O. The Hall–Kier alpha value is -0.160. The average molecular weight is 271 g/mol. The van der Waals surface area contributed by atoms with Crippen molar-refractivity contribution in [1.82, 2.24) is 15.1 Å². The quantitative estimate of drug-likeness (QED) is 0.588. The zero-order valence-corrected chi connectivity index (χ0v) is 13.3. The molecule has 1 unspecified atom stereocenters. The van der Waals surface area contributed by atoms with Gasteiger partial charge in [0.1, 0.15) is 0 Å². The summed E-state index contributed by atoms with van der Waals surface area (Å²) < 4.78 is 0. The third-order valence-corrected chi connectivity index (χ3v) is 4.20. The second-order valence-corrected chi connectivity index (χ2v) is 6.14. The molecule has 114 valence electrons. The molecular weight excluding hydrogens is 238 g/mol. The highest BCUT2D eigenvalue weighted by molar-refractivity contribution is 5.02. The summed E-state index contributed by atoms with van der Waals surface area (Å²) in [6.45, 7) is 9.84. The lowest BCUT2D eigenvalue weighted by atomic mass is 9.93. The van der Waals surface area contributed by atoms with E-state index < -0.39 is 0 Å². The molecule has 0 aromatic heterocycles. The van der Waals surface area contributed by atoms with E-state index in [0.717, 1.165) is 32.7 Å². The zero-order valence-electron chi connectivity index (χ0n) is 13.3. The Morgan fingerprint density at radius 3 is 2.32 bits per heavy atom. The highest BCUT2D eigenvalue weighted by atomic mass is 16.3. The fourth-order valence-electron chi connectivity index (χ4n) is 2.91. The monoisotopic (exact) mass is 271 g/mol. The summed E-state index contributed by atoms with van der Waals surface area (Å²) in [4.78, 5) is 4.72. The van der Waals surface area contributed by atoms with Crippen molar-refractivity contribution in [3.63, 3.8) is 0 Å². The molecule has 4 heteroatoms. The standard InChI is InChI=1S/C15H33N3O/c1-5-16-15(13-19,14-8-9-14)12-18(6-2)11-7-10-17(3)4/h14,16,19H,5-13H2,1-4H3. The summed E-state index contributed by atoms with van der Waals surface area (Å²) in [5.41, 5.74) is -0.0666. The van der Waals surface area contributed by atoms with Gasteiger partial charge in [0.25, 0.3) is 0 Å². The maximum atomic E-state index is 9.88. The Morgan fingerprint density at radius 1 is 1.21 bits per heavy atom. The van der Waals surface area contributed by atoms with E-state index in [1.807, 2.05) is 0 Å². The van der Waals surface area contributed by atoms with E-state index in [4.69, 9.17) is 0 Å². The molecule has 19 heavy (non-hydrogen) atoms. The minimum absolute atomic E-state index is 0.0666. The first kappa shape index (κ1) is 16.9. The van der Waals surface area contributed by atoms with Gasteiger partial charge < -0.3 is 20.2 Å². The van der Waals surface area contributed by atoms with Crippen LogP contribution in [0, 0.1) is 5.92 Å². The Morgan fingerprint density at radius 2 is 1.89 bits per heavy atom. The van der Waals surface area contributed by atoms with E-state index in [-0.39, 0.29) is 12.1 Å². The van der Waals surface area contributed by atoms with E-state index >= 15 is 0 Å². The first-order valence-corrected chi connectivity index (χ1v) is 7.81. The van der Waals surface area contributed by atoms with Crippen LogP contribution in [0.15, 0.2) is 0 Å². The molecule has 0 radical (unpaired) electrons. The Labute approximate surface area is 119 Å². The van der Waals surface area contributed by atoms with Crippen LogP contribution in [0.25, 0.3) is 0 Å². The van der Waals surface area contributed by atoms with Crippen molar-refractivity contribution in [2.75, 3.05) is 53.4 Å². The molecule has 4 nitrogen and oxygen atoms in total. The van der Waals surface area contributed by atoms with Gasteiger partial charge in [-0.25, -0.2) is 0 Å². The Kier molecular flexibility index (Phi) is 7.29. The van der Waals surface area contributed by atoms with Crippen molar-refractivity contribution in [3.8, 4) is 0 Å². The topological polar surface area (TPSA) is 38.7 Å². The van der Waals surface area contributed by atoms with Crippen LogP contribution in [0.2, 0.25) is 0 Å². The predicted molar refractivity (Wildman–Crippen MR) is 81.5 cm³/mol. The number of aliphatic hydroxyl groups is 1. The first-order valence-electron chi connectivity index (χ1n) is 7.81. The fraction of sp³-hybridized carbons (Fsp3) is 1.00. The van der Waals surface area contributed by atoms with Crippen LogP contribution >= 0.6 is 0 Å². The summed E-state index contributed by atoms with van der Waals surface area (Å²) >= 11 is 0. The maximum absolute atomic E-state index is 9.88. The third-order valence-electron chi connectivity index (χ3n) is 4.20. The number of hydrogen-bond acceptors (Lipinski definition) is 4. The van der Waals surface area contributed by atoms with Crippen LogP contribution in [0.3, 0.4) is 0 Å². The second kappa shape index (κ2) is 8.20. The van der Waals surface area contributed by atoms with Gasteiger partial charge in [0.15, 0.2) is 0 Å². The molecule has 1 saturated carbocycles. The van der Waals surface area contributed by atoms with Gasteiger partial charge in [0, 0.05) is 6.54 Å². The highest BCUT2D eigenvalue weighted by Gasteiger charge is 2.44. The summed E-state index contributed by atoms with van der Waals surface area (Å²) in [6.07, 6.45) is 3.73. The fourth-order valence-corrected chi connectivity index (χ4v) is 2.91. The van der Waals surface area contributed by atoms with Crippen LogP contribution in [0.5, 0.6) is 0 Å². The van der Waals surface area contributed by atoms with E-state index in [2.05, 4.69) is 43.1 Å². The molecule has 0 saturated heterocycles. The molecule has 1 atom stereocenters. The maximum Gasteiger partial charge on any atom is 0.0628 e. The number of nitrogens with zero attached hydrogens (tertiary/aromatic N) is 2. The van der Waals surface area contributed by atoms with Gasteiger partial charge in [-0.1, -0.05) is 13.8 Å². The molecule has 1 aliphatic carbocycles. The van der Waals surface area contributed by atoms with E-state index in [0.29, 0.717) is 5.92 Å². The zero-order chi connectivity index (χ0) is 14.3. The predicted octanol–water partition coefficient (Wildman–Crippen LogP) is 1.01. The number of hydrogen-bond donors (Lipinski definition) is 2. The lowest BCUT2D eigenvalue weighted by Gasteiger charge is -2.38. The molecule has 1 rings (SSSR count). The molecule has 0 aliphatic heterocycles. The van der Waals surface area contributed by atoms with Crippen molar-refractivity contribution in [2.24, 2.45) is 5.92 Å². The minimum atomic E-state index is -0.0666. The van der Waals surface area contributed by atoms with Crippen molar-refractivity contribution < 1.29 is 5.11 Å². The number of aliphatic hydroxyl groups excluding tert-OH is 1. The SMILES string of the molecule is CCNC(CO)(CN(CC)CCCN(C)C)C1CC1. The molecule has 1 aliphatic rings. The van der Waals surface area contributed by atoms with E-state index in [1.54, 1.807) is 0 Å². The molecule has 0 heterocycles. The summed E-state index contributed by atoms with van der Waals surface area (Å²) in [6, 6.07) is 0. The largest absolute Gasteiger partial charge is 0.394 e. The van der Waals surface area contributed by atoms with Crippen molar-refractivity contribution in [2.45, 2.75) is 38.6 Å². The van der Waals surface area contributed by atoms with Crippen LogP contribution in [0.1, 0.15) is 33.1 Å². The molecule has 0 spiro atoms. The van der Waals surface area contributed by atoms with Crippen LogP contribution < -0.4 is 5.32 Å². The number of rotatable bonds is 11. The molecule has 0 aromatic carbocycles. The first-order chi connectivity index (χ1) is 9.07. The van der Waals surface area contributed by atoms with Gasteiger partial charge in [0.05, 0.1) is 12.1 Å². The van der Waals surface area contributed by atoms with Gasteiger partial charge >= 0.3 is 0 Å².